The van der Waals surface area contributed by atoms with Gasteiger partial charge >= 0.3 is 0 Å². The number of aryl methyl sites for hydroxylation is 2. The largest absolute Gasteiger partial charge is 0.381 e. The number of nitrogen functional groups attached to an aromatic ring is 1. The highest BCUT2D eigenvalue weighted by Gasteiger charge is 2.15. The number of aromatic nitrogens is 2. The lowest BCUT2D eigenvalue weighted by atomic mass is 10.0. The summed E-state index contributed by atoms with van der Waals surface area (Å²) in [5, 5.41) is 0. The van der Waals surface area contributed by atoms with E-state index in [1.807, 2.05) is 19.9 Å². The summed E-state index contributed by atoms with van der Waals surface area (Å²) in [6.45, 7) is 3.69. The number of halogens is 1. The number of hydrogen-bond acceptors (Lipinski definition) is 4. The summed E-state index contributed by atoms with van der Waals surface area (Å²) in [4.78, 5) is 0. The summed E-state index contributed by atoms with van der Waals surface area (Å²) in [6.07, 6.45) is 0. The molecule has 1 heterocycles. The molecule has 0 aliphatic heterocycles. The molecule has 0 saturated heterocycles. The number of anilines is 1. The van der Waals surface area contributed by atoms with E-state index in [0.29, 0.717) is 11.3 Å². The quantitative estimate of drug-likeness (QED) is 0.808. The summed E-state index contributed by atoms with van der Waals surface area (Å²) in [5.74, 6) is -0.0160. The molecule has 15 heavy (non-hydrogen) atoms. The van der Waals surface area contributed by atoms with E-state index in [2.05, 4.69) is 8.75 Å². The van der Waals surface area contributed by atoms with Crippen molar-refractivity contribution in [3.63, 3.8) is 0 Å². The molecule has 2 rings (SSSR count). The fourth-order valence-corrected chi connectivity index (χ4v) is 2.07. The summed E-state index contributed by atoms with van der Waals surface area (Å²) in [5.41, 5.74) is 8.22. The first-order chi connectivity index (χ1) is 7.09. The predicted octanol–water partition coefficient (Wildman–Crippen LogP) is 2.54. The van der Waals surface area contributed by atoms with Crippen LogP contribution >= 0.6 is 11.7 Å². The molecule has 78 valence electrons. The highest BCUT2D eigenvalue weighted by molar-refractivity contribution is 6.99. The Balaban J connectivity index is 2.68. The molecule has 0 amide bonds. The maximum Gasteiger partial charge on any atom is 0.165 e. The maximum absolute atomic E-state index is 13.7. The van der Waals surface area contributed by atoms with Gasteiger partial charge in [-0.2, -0.15) is 8.75 Å². The number of rotatable bonds is 1. The zero-order valence-corrected chi connectivity index (χ0v) is 9.23. The Bertz CT molecular complexity index is 484. The van der Waals surface area contributed by atoms with Crippen LogP contribution in [0.4, 0.5) is 10.2 Å². The second-order valence-corrected chi connectivity index (χ2v) is 3.97. The zero-order chi connectivity index (χ0) is 11.0. The second kappa shape index (κ2) is 3.58. The van der Waals surface area contributed by atoms with E-state index in [1.165, 1.54) is 6.07 Å². The van der Waals surface area contributed by atoms with Crippen molar-refractivity contribution in [3.05, 3.63) is 29.1 Å². The fourth-order valence-electron chi connectivity index (χ4n) is 1.58. The van der Waals surface area contributed by atoms with Crippen LogP contribution in [-0.2, 0) is 0 Å². The minimum absolute atomic E-state index is 0.283. The summed E-state index contributed by atoms with van der Waals surface area (Å²) < 4.78 is 21.6. The van der Waals surface area contributed by atoms with Gasteiger partial charge in [-0.3, -0.25) is 0 Å². The highest BCUT2D eigenvalue weighted by Crippen LogP contribution is 2.30. The van der Waals surface area contributed by atoms with Gasteiger partial charge < -0.3 is 5.73 Å². The average molecular weight is 223 g/mol. The molecule has 0 aliphatic carbocycles. The third-order valence-corrected chi connectivity index (χ3v) is 2.73. The van der Waals surface area contributed by atoms with Crippen LogP contribution in [0, 0.1) is 19.7 Å². The molecule has 1 aromatic heterocycles. The van der Waals surface area contributed by atoms with Crippen LogP contribution in [0.3, 0.4) is 0 Å². The van der Waals surface area contributed by atoms with Crippen LogP contribution in [0.25, 0.3) is 11.3 Å². The van der Waals surface area contributed by atoms with Gasteiger partial charge in [-0.05, 0) is 31.0 Å². The van der Waals surface area contributed by atoms with Crippen LogP contribution < -0.4 is 5.73 Å². The van der Waals surface area contributed by atoms with Gasteiger partial charge in [-0.15, -0.1) is 0 Å². The first kappa shape index (κ1) is 10.0. The molecular formula is C10H10FN3S. The molecule has 0 fully saturated rings. The Hall–Kier alpha value is -1.49. The van der Waals surface area contributed by atoms with Crippen LogP contribution in [0.2, 0.25) is 0 Å². The third kappa shape index (κ3) is 1.70. The maximum atomic E-state index is 13.7. The second-order valence-electron chi connectivity index (χ2n) is 3.44. The smallest absolute Gasteiger partial charge is 0.165 e. The van der Waals surface area contributed by atoms with Crippen molar-refractivity contribution in [1.29, 1.82) is 0 Å². The molecule has 0 aliphatic rings. The lowest BCUT2D eigenvalue weighted by molar-refractivity contribution is 0.628. The highest BCUT2D eigenvalue weighted by atomic mass is 32.1. The molecule has 2 N–H and O–H groups in total. The minimum atomic E-state index is -0.299. The van der Waals surface area contributed by atoms with Crippen molar-refractivity contribution in [2.24, 2.45) is 0 Å². The topological polar surface area (TPSA) is 51.8 Å². The molecule has 0 saturated carbocycles. The predicted molar refractivity (Wildman–Crippen MR) is 59.2 cm³/mol. The van der Waals surface area contributed by atoms with E-state index in [1.54, 1.807) is 0 Å². The number of nitrogens with two attached hydrogens (primary N) is 1. The molecule has 0 unspecified atom stereocenters. The molecule has 0 radical (unpaired) electrons. The van der Waals surface area contributed by atoms with E-state index >= 15 is 0 Å². The molecule has 2 aromatic rings. The normalized spacial score (nSPS) is 10.6. The number of nitrogens with zero attached hydrogens (tertiary/aromatic N) is 2. The van der Waals surface area contributed by atoms with E-state index < -0.39 is 0 Å². The Morgan fingerprint density at radius 2 is 2.00 bits per heavy atom. The summed E-state index contributed by atoms with van der Waals surface area (Å²) in [7, 11) is 0. The van der Waals surface area contributed by atoms with Crippen molar-refractivity contribution in [2.75, 3.05) is 5.73 Å². The molecule has 5 heteroatoms. The van der Waals surface area contributed by atoms with Crippen LogP contribution in [0.5, 0.6) is 0 Å². The van der Waals surface area contributed by atoms with E-state index in [0.717, 1.165) is 22.9 Å². The van der Waals surface area contributed by atoms with Crippen molar-refractivity contribution in [3.8, 4) is 11.3 Å². The lowest BCUT2D eigenvalue weighted by Crippen LogP contribution is -1.95. The zero-order valence-electron chi connectivity index (χ0n) is 8.41. The first-order valence-electron chi connectivity index (χ1n) is 4.44. The first-order valence-corrected chi connectivity index (χ1v) is 5.18. The van der Waals surface area contributed by atoms with Crippen molar-refractivity contribution in [2.45, 2.75) is 13.8 Å². The Labute approximate surface area is 91.1 Å². The number of hydrogen-bond donors (Lipinski definition) is 1. The minimum Gasteiger partial charge on any atom is -0.381 e. The van der Waals surface area contributed by atoms with Gasteiger partial charge in [0, 0.05) is 5.56 Å². The molecular weight excluding hydrogens is 213 g/mol. The van der Waals surface area contributed by atoms with Crippen molar-refractivity contribution in [1.82, 2.24) is 8.75 Å². The van der Waals surface area contributed by atoms with Crippen molar-refractivity contribution >= 4 is 17.5 Å². The Kier molecular flexibility index (Phi) is 2.40. The van der Waals surface area contributed by atoms with Gasteiger partial charge in [0.05, 0.1) is 11.7 Å². The van der Waals surface area contributed by atoms with Gasteiger partial charge in [0.15, 0.2) is 5.82 Å². The summed E-state index contributed by atoms with van der Waals surface area (Å²) in [6, 6.07) is 3.37. The molecule has 0 bridgehead atoms. The van der Waals surface area contributed by atoms with E-state index in [9.17, 15) is 4.39 Å². The van der Waals surface area contributed by atoms with Crippen LogP contribution in [0.15, 0.2) is 12.1 Å². The van der Waals surface area contributed by atoms with Gasteiger partial charge in [0.25, 0.3) is 0 Å². The van der Waals surface area contributed by atoms with Crippen LogP contribution in [-0.4, -0.2) is 8.75 Å². The summed E-state index contributed by atoms with van der Waals surface area (Å²) >= 11 is 0.991. The molecule has 0 spiro atoms. The molecule has 3 nitrogen and oxygen atoms in total. The van der Waals surface area contributed by atoms with E-state index in [4.69, 9.17) is 5.73 Å². The van der Waals surface area contributed by atoms with Crippen LogP contribution in [0.1, 0.15) is 11.1 Å². The van der Waals surface area contributed by atoms with Gasteiger partial charge in [-0.25, -0.2) is 4.39 Å². The van der Waals surface area contributed by atoms with Gasteiger partial charge in [0.1, 0.15) is 11.5 Å². The van der Waals surface area contributed by atoms with E-state index in [-0.39, 0.29) is 11.6 Å². The fraction of sp³-hybridized carbons (Fsp3) is 0.200. The SMILES string of the molecule is Cc1cc(C)c(-c2nsnc2N)c(F)c1. The Morgan fingerprint density at radius 1 is 1.27 bits per heavy atom. The average Bonchev–Trinajstić information content (AvgIpc) is 2.50. The number of benzene rings is 1. The molecule has 0 atom stereocenters. The standard InChI is InChI=1S/C10H10FN3S/c1-5-3-6(2)8(7(11)4-5)9-10(12)14-15-13-9/h3-4H,1-2H3,(H2,12,14). The van der Waals surface area contributed by atoms with Gasteiger partial charge in [0.2, 0.25) is 0 Å². The monoisotopic (exact) mass is 223 g/mol. The third-order valence-electron chi connectivity index (χ3n) is 2.18. The Morgan fingerprint density at radius 3 is 2.53 bits per heavy atom. The molecule has 1 aromatic carbocycles. The van der Waals surface area contributed by atoms with Gasteiger partial charge in [-0.1, -0.05) is 6.07 Å². The van der Waals surface area contributed by atoms with Crippen molar-refractivity contribution < 1.29 is 4.39 Å². The lowest BCUT2D eigenvalue weighted by Gasteiger charge is -2.06.